The third-order valence-corrected chi connectivity index (χ3v) is 3.47. The maximum atomic E-state index is 10.6. The highest BCUT2D eigenvalue weighted by Gasteiger charge is 2.07. The number of hydrogen-bond acceptors (Lipinski definition) is 1. The molecule has 0 unspecified atom stereocenters. The van der Waals surface area contributed by atoms with Crippen LogP contribution in [0.15, 0.2) is 18.2 Å². The molecule has 0 saturated heterocycles. The average molecular weight is 277 g/mol. The number of rotatable bonds is 9. The summed E-state index contributed by atoms with van der Waals surface area (Å²) in [5.74, 6) is 2.31. The number of benzene rings is 1. The number of ether oxygens (including phenoxy) is 1. The van der Waals surface area contributed by atoms with Crippen LogP contribution in [-0.4, -0.2) is 13.2 Å². The van der Waals surface area contributed by atoms with Crippen molar-refractivity contribution in [3.05, 3.63) is 29.3 Å². The zero-order valence-corrected chi connectivity index (χ0v) is 13.4. The maximum Gasteiger partial charge on any atom is 0.122 e. The van der Waals surface area contributed by atoms with E-state index >= 15 is 0 Å². The summed E-state index contributed by atoms with van der Waals surface area (Å²) < 4.78 is 5.59. The Bertz CT molecular complexity index is 383. The zero-order chi connectivity index (χ0) is 15.0. The van der Waals surface area contributed by atoms with Gasteiger partial charge in [0.25, 0.3) is 0 Å². The summed E-state index contributed by atoms with van der Waals surface area (Å²) in [6.07, 6.45) is 4.52. The smallest absolute Gasteiger partial charge is 0.122 e. The van der Waals surface area contributed by atoms with Crippen LogP contribution in [0.1, 0.15) is 51.7 Å². The zero-order valence-electron chi connectivity index (χ0n) is 13.4. The minimum Gasteiger partial charge on any atom is -0.491 e. The molecule has 0 heterocycles. The fourth-order valence-electron chi connectivity index (χ4n) is 2.18. The third kappa shape index (κ3) is 6.42. The van der Waals surface area contributed by atoms with Crippen molar-refractivity contribution >= 4 is 0 Å². The van der Waals surface area contributed by atoms with Crippen LogP contribution in [0.2, 0.25) is 0 Å². The molecule has 0 fully saturated rings. The standard InChI is InChI=1S/C18H29O2/c1-14(2)5-7-16-8-10-18(20-12-11-19)17(13-16)9-6-15(3)4/h8,10,13-15H,5-7,9,11-12H2,1-4H3. The molecule has 0 aromatic heterocycles. The average Bonchev–Trinajstić information content (AvgIpc) is 2.41. The first kappa shape index (κ1) is 17.0. The van der Waals surface area contributed by atoms with Gasteiger partial charge in [-0.2, -0.15) is 0 Å². The molecule has 0 aliphatic heterocycles. The van der Waals surface area contributed by atoms with Crippen LogP contribution >= 0.6 is 0 Å². The minimum atomic E-state index is -0.182. The Balaban J connectivity index is 2.77. The van der Waals surface area contributed by atoms with Crippen molar-refractivity contribution in [2.45, 2.75) is 53.4 Å². The molecule has 0 aliphatic rings. The first-order valence-electron chi connectivity index (χ1n) is 7.85. The molecule has 20 heavy (non-hydrogen) atoms. The van der Waals surface area contributed by atoms with Gasteiger partial charge < -0.3 is 4.74 Å². The Kier molecular flexibility index (Phi) is 7.68. The summed E-state index contributed by atoms with van der Waals surface area (Å²) in [6.45, 7) is 9.07. The molecular formula is C18H29O2. The van der Waals surface area contributed by atoms with Crippen molar-refractivity contribution in [3.63, 3.8) is 0 Å². The maximum absolute atomic E-state index is 10.6. The van der Waals surface area contributed by atoms with E-state index in [9.17, 15) is 5.11 Å². The second-order valence-corrected chi connectivity index (χ2v) is 6.36. The largest absolute Gasteiger partial charge is 0.491 e. The molecule has 0 saturated carbocycles. The van der Waals surface area contributed by atoms with Gasteiger partial charge >= 0.3 is 0 Å². The lowest BCUT2D eigenvalue weighted by Gasteiger charge is -2.14. The van der Waals surface area contributed by atoms with E-state index in [-0.39, 0.29) is 13.2 Å². The summed E-state index contributed by atoms with van der Waals surface area (Å²) in [6, 6.07) is 6.45. The molecule has 1 radical (unpaired) electrons. The molecule has 113 valence electrons. The van der Waals surface area contributed by atoms with Crippen LogP contribution in [0, 0.1) is 11.8 Å². The molecule has 0 amide bonds. The molecular weight excluding hydrogens is 248 g/mol. The quantitative estimate of drug-likeness (QED) is 0.644. The van der Waals surface area contributed by atoms with Gasteiger partial charge in [0.05, 0.1) is 0 Å². The molecule has 1 rings (SSSR count). The second kappa shape index (κ2) is 9.02. The van der Waals surface area contributed by atoms with Crippen LogP contribution in [0.25, 0.3) is 0 Å². The molecule has 2 nitrogen and oxygen atoms in total. The lowest BCUT2D eigenvalue weighted by Crippen LogP contribution is -2.05. The topological polar surface area (TPSA) is 29.1 Å². The summed E-state index contributed by atoms with van der Waals surface area (Å²) in [5.41, 5.74) is 2.64. The molecule has 0 aliphatic carbocycles. The van der Waals surface area contributed by atoms with E-state index in [0.717, 1.165) is 30.9 Å². The van der Waals surface area contributed by atoms with Gasteiger partial charge in [-0.25, -0.2) is 5.11 Å². The fourth-order valence-corrected chi connectivity index (χ4v) is 2.18. The van der Waals surface area contributed by atoms with E-state index in [2.05, 4.69) is 39.8 Å². The second-order valence-electron chi connectivity index (χ2n) is 6.36. The van der Waals surface area contributed by atoms with Crippen molar-refractivity contribution in [1.29, 1.82) is 0 Å². The summed E-state index contributed by atoms with van der Waals surface area (Å²) in [7, 11) is 0. The molecule has 1 aromatic rings. The van der Waals surface area contributed by atoms with Gasteiger partial charge in [-0.05, 0) is 54.7 Å². The molecule has 0 spiro atoms. The lowest BCUT2D eigenvalue weighted by atomic mass is 9.97. The van der Waals surface area contributed by atoms with E-state index in [0.29, 0.717) is 5.92 Å². The highest BCUT2D eigenvalue weighted by atomic mass is 16.5. The summed E-state index contributed by atoms with van der Waals surface area (Å²) in [5, 5.41) is 10.6. The van der Waals surface area contributed by atoms with Crippen molar-refractivity contribution in [3.8, 4) is 5.75 Å². The van der Waals surface area contributed by atoms with Gasteiger partial charge in [0.1, 0.15) is 19.0 Å². The Morgan fingerprint density at radius 1 is 1.00 bits per heavy atom. The highest BCUT2D eigenvalue weighted by Crippen LogP contribution is 2.24. The Morgan fingerprint density at radius 3 is 2.25 bits per heavy atom. The molecule has 0 bridgehead atoms. The van der Waals surface area contributed by atoms with Gasteiger partial charge in [-0.15, -0.1) is 0 Å². The van der Waals surface area contributed by atoms with E-state index in [1.165, 1.54) is 17.5 Å². The summed E-state index contributed by atoms with van der Waals surface area (Å²) in [4.78, 5) is 0. The Hall–Kier alpha value is -1.02. The van der Waals surface area contributed by atoms with E-state index in [4.69, 9.17) is 4.74 Å². The van der Waals surface area contributed by atoms with Crippen LogP contribution in [0.5, 0.6) is 5.75 Å². The summed E-state index contributed by atoms with van der Waals surface area (Å²) >= 11 is 0. The highest BCUT2D eigenvalue weighted by molar-refractivity contribution is 5.37. The van der Waals surface area contributed by atoms with Crippen LogP contribution in [0.3, 0.4) is 0 Å². The normalized spacial score (nSPS) is 11.3. The fraction of sp³-hybridized carbons (Fsp3) is 0.667. The Labute approximate surface area is 124 Å². The molecule has 0 N–H and O–H groups in total. The molecule has 2 heteroatoms. The third-order valence-electron chi connectivity index (χ3n) is 3.47. The van der Waals surface area contributed by atoms with Crippen LogP contribution < -0.4 is 4.74 Å². The predicted molar refractivity (Wildman–Crippen MR) is 83.8 cm³/mol. The van der Waals surface area contributed by atoms with Gasteiger partial charge in [0, 0.05) is 0 Å². The predicted octanol–water partition coefficient (Wildman–Crippen LogP) is 4.67. The van der Waals surface area contributed by atoms with Crippen molar-refractivity contribution in [2.24, 2.45) is 11.8 Å². The van der Waals surface area contributed by atoms with Gasteiger partial charge in [-0.1, -0.05) is 39.8 Å². The first-order valence-corrected chi connectivity index (χ1v) is 7.85. The molecule has 0 atom stereocenters. The van der Waals surface area contributed by atoms with E-state index in [1.807, 2.05) is 6.07 Å². The van der Waals surface area contributed by atoms with Crippen molar-refractivity contribution in [1.82, 2.24) is 0 Å². The monoisotopic (exact) mass is 277 g/mol. The number of hydrogen-bond donors (Lipinski definition) is 0. The first-order chi connectivity index (χ1) is 9.52. The minimum absolute atomic E-state index is 0.182. The molecule has 1 aromatic carbocycles. The Morgan fingerprint density at radius 2 is 1.65 bits per heavy atom. The lowest BCUT2D eigenvalue weighted by molar-refractivity contribution is 0.137. The van der Waals surface area contributed by atoms with Crippen LogP contribution in [0.4, 0.5) is 0 Å². The van der Waals surface area contributed by atoms with Gasteiger partial charge in [-0.3, -0.25) is 0 Å². The van der Waals surface area contributed by atoms with Gasteiger partial charge in [0.15, 0.2) is 0 Å². The SMILES string of the molecule is CC(C)CCc1ccc(OCC[O])c(CCC(C)C)c1. The van der Waals surface area contributed by atoms with Crippen molar-refractivity contribution < 1.29 is 9.84 Å². The van der Waals surface area contributed by atoms with Crippen LogP contribution in [-0.2, 0) is 17.9 Å². The van der Waals surface area contributed by atoms with E-state index in [1.54, 1.807) is 0 Å². The van der Waals surface area contributed by atoms with Crippen molar-refractivity contribution in [2.75, 3.05) is 13.2 Å². The van der Waals surface area contributed by atoms with Gasteiger partial charge in [0.2, 0.25) is 0 Å². The van der Waals surface area contributed by atoms with E-state index < -0.39 is 0 Å². The number of aryl methyl sites for hydroxylation is 2.